The fourth-order valence-electron chi connectivity index (χ4n) is 4.59. The number of carbonyl (C=O) groups excluding carboxylic acids is 1. The molecule has 0 bridgehead atoms. The fourth-order valence-corrected chi connectivity index (χ4v) is 4.59. The summed E-state index contributed by atoms with van der Waals surface area (Å²) in [4.78, 5) is 36.0. The number of aromatic amines is 1. The van der Waals surface area contributed by atoms with Gasteiger partial charge in [0.1, 0.15) is 5.82 Å². The molecule has 8 heteroatoms. The van der Waals surface area contributed by atoms with Crippen LogP contribution in [0.5, 0.6) is 0 Å². The molecule has 3 aromatic carbocycles. The Morgan fingerprint density at radius 3 is 2.33 bits per heavy atom. The van der Waals surface area contributed by atoms with Crippen LogP contribution in [0.25, 0.3) is 22.6 Å². The van der Waals surface area contributed by atoms with Gasteiger partial charge in [0.05, 0.1) is 12.1 Å². The van der Waals surface area contributed by atoms with Crippen LogP contribution >= 0.6 is 0 Å². The maximum atomic E-state index is 13.1. The summed E-state index contributed by atoms with van der Waals surface area (Å²) in [5, 5.41) is 5.68. The minimum Gasteiger partial charge on any atom is -0.352 e. The van der Waals surface area contributed by atoms with Gasteiger partial charge >= 0.3 is 5.76 Å². The Bertz CT molecular complexity index is 1640. The number of anilines is 2. The number of nitrogens with zero attached hydrogens (tertiary/aromatic N) is 3. The van der Waals surface area contributed by atoms with E-state index in [0.29, 0.717) is 29.3 Å². The number of benzene rings is 3. The Balaban J connectivity index is 1.55. The number of pyridine rings is 1. The lowest BCUT2D eigenvalue weighted by Crippen LogP contribution is -2.25. The van der Waals surface area contributed by atoms with Gasteiger partial charge in [0.25, 0.3) is 0 Å². The van der Waals surface area contributed by atoms with E-state index < -0.39 is 5.76 Å². The molecule has 40 heavy (non-hydrogen) atoms. The predicted octanol–water partition coefficient (Wildman–Crippen LogP) is 6.00. The topological polar surface area (TPSA) is 104 Å². The first kappa shape index (κ1) is 26.6. The molecule has 2 N–H and O–H groups in total. The fraction of sp³-hybridized carbons (Fsp3) is 0.188. The molecule has 2 aromatic heterocycles. The Morgan fingerprint density at radius 1 is 0.900 bits per heavy atom. The summed E-state index contributed by atoms with van der Waals surface area (Å²) in [6.45, 7) is 5.59. The van der Waals surface area contributed by atoms with Crippen LogP contribution in [0.3, 0.4) is 0 Å². The van der Waals surface area contributed by atoms with E-state index in [2.05, 4.69) is 39.4 Å². The molecule has 0 spiro atoms. The highest BCUT2D eigenvalue weighted by Crippen LogP contribution is 2.32. The number of hydrogen-bond donors (Lipinski definition) is 2. The van der Waals surface area contributed by atoms with Gasteiger partial charge in [0, 0.05) is 36.0 Å². The zero-order valence-corrected chi connectivity index (χ0v) is 22.6. The van der Waals surface area contributed by atoms with Crippen molar-refractivity contribution in [1.82, 2.24) is 15.1 Å². The first-order valence-corrected chi connectivity index (χ1v) is 13.3. The van der Waals surface area contributed by atoms with Crippen molar-refractivity contribution >= 4 is 17.4 Å². The van der Waals surface area contributed by atoms with Crippen LogP contribution in [0.4, 0.5) is 11.5 Å². The number of rotatable bonds is 10. The number of hydrogen-bond acceptors (Lipinski definition) is 6. The minimum absolute atomic E-state index is 0.119. The summed E-state index contributed by atoms with van der Waals surface area (Å²) in [6, 6.07) is 29.4. The van der Waals surface area contributed by atoms with E-state index in [1.165, 1.54) is 0 Å². The van der Waals surface area contributed by atoms with Crippen molar-refractivity contribution in [3.8, 4) is 22.6 Å². The second kappa shape index (κ2) is 12.3. The Kier molecular flexibility index (Phi) is 8.15. The molecule has 8 nitrogen and oxygen atoms in total. The summed E-state index contributed by atoms with van der Waals surface area (Å²) in [7, 11) is 0. The summed E-state index contributed by atoms with van der Waals surface area (Å²) in [5.74, 6) is 0.225. The van der Waals surface area contributed by atoms with Crippen molar-refractivity contribution in [2.45, 2.75) is 33.2 Å². The van der Waals surface area contributed by atoms with Crippen LogP contribution in [-0.4, -0.2) is 27.6 Å². The molecule has 0 fully saturated rings. The van der Waals surface area contributed by atoms with E-state index in [9.17, 15) is 9.59 Å². The Hall–Kier alpha value is -4.98. The van der Waals surface area contributed by atoms with Crippen LogP contribution in [0, 0.1) is 6.92 Å². The standard InChI is InChI=1S/C32H31N5O3/c1-3-17-37(21-24-9-5-4-6-10-24)29-20-25(33-30(38)18-23-15-13-22(2)14-16-23)19-28(34-29)26-11-7-8-12-27(26)31-35-32(39)40-36-31/h4-16,19-20H,3,17-18,21H2,1-2H3,(H,33,34,38)(H,35,36,39). The molecule has 5 aromatic rings. The lowest BCUT2D eigenvalue weighted by molar-refractivity contribution is -0.115. The minimum atomic E-state index is -0.701. The van der Waals surface area contributed by atoms with Crippen LogP contribution < -0.4 is 16.0 Å². The largest absolute Gasteiger partial charge is 0.460 e. The zero-order valence-electron chi connectivity index (χ0n) is 22.6. The van der Waals surface area contributed by atoms with Crippen LogP contribution in [-0.2, 0) is 17.8 Å². The third-order valence-electron chi connectivity index (χ3n) is 6.51. The summed E-state index contributed by atoms with van der Waals surface area (Å²) < 4.78 is 4.83. The predicted molar refractivity (Wildman–Crippen MR) is 157 cm³/mol. The number of H-pyrrole nitrogens is 1. The average Bonchev–Trinajstić information content (AvgIpc) is 3.40. The molecule has 2 heterocycles. The van der Waals surface area contributed by atoms with Gasteiger partial charge in [-0.3, -0.25) is 4.79 Å². The van der Waals surface area contributed by atoms with Gasteiger partial charge < -0.3 is 14.7 Å². The van der Waals surface area contributed by atoms with Crippen molar-refractivity contribution in [3.63, 3.8) is 0 Å². The zero-order chi connectivity index (χ0) is 27.9. The molecule has 5 rings (SSSR count). The van der Waals surface area contributed by atoms with E-state index in [0.717, 1.165) is 41.0 Å². The summed E-state index contributed by atoms with van der Waals surface area (Å²) >= 11 is 0. The summed E-state index contributed by atoms with van der Waals surface area (Å²) in [6.07, 6.45) is 1.18. The Morgan fingerprint density at radius 2 is 1.62 bits per heavy atom. The highest BCUT2D eigenvalue weighted by atomic mass is 16.5. The molecule has 0 aliphatic heterocycles. The molecule has 0 saturated heterocycles. The molecule has 0 aliphatic rings. The molecule has 0 radical (unpaired) electrons. The van der Waals surface area contributed by atoms with Gasteiger partial charge in [-0.05, 0) is 30.5 Å². The van der Waals surface area contributed by atoms with Crippen molar-refractivity contribution in [2.75, 3.05) is 16.8 Å². The SMILES string of the molecule is CCCN(Cc1ccccc1)c1cc(NC(=O)Cc2ccc(C)cc2)cc(-c2ccccc2-c2nc(=O)o[nH]2)n1. The van der Waals surface area contributed by atoms with Crippen LogP contribution in [0.15, 0.2) is 100 Å². The van der Waals surface area contributed by atoms with Crippen molar-refractivity contribution in [1.29, 1.82) is 0 Å². The second-order valence-electron chi connectivity index (χ2n) is 9.69. The van der Waals surface area contributed by atoms with E-state index >= 15 is 0 Å². The highest BCUT2D eigenvalue weighted by Gasteiger charge is 2.17. The van der Waals surface area contributed by atoms with Gasteiger partial charge in [-0.2, -0.15) is 10.1 Å². The van der Waals surface area contributed by atoms with Gasteiger partial charge in [-0.15, -0.1) is 0 Å². The molecule has 0 saturated carbocycles. The van der Waals surface area contributed by atoms with E-state index in [4.69, 9.17) is 9.51 Å². The smallest absolute Gasteiger partial charge is 0.352 e. The van der Waals surface area contributed by atoms with Gasteiger partial charge in [0.15, 0.2) is 5.82 Å². The molecule has 0 atom stereocenters. The van der Waals surface area contributed by atoms with Crippen molar-refractivity contribution in [2.24, 2.45) is 0 Å². The summed E-state index contributed by atoms with van der Waals surface area (Å²) in [5.41, 5.74) is 5.93. The number of nitrogens with one attached hydrogen (secondary N) is 2. The van der Waals surface area contributed by atoms with Gasteiger partial charge in [0.2, 0.25) is 5.91 Å². The highest BCUT2D eigenvalue weighted by molar-refractivity contribution is 5.93. The maximum Gasteiger partial charge on any atom is 0.460 e. The second-order valence-corrected chi connectivity index (χ2v) is 9.69. The maximum absolute atomic E-state index is 13.1. The lowest BCUT2D eigenvalue weighted by Gasteiger charge is -2.25. The van der Waals surface area contributed by atoms with E-state index in [-0.39, 0.29) is 12.3 Å². The first-order chi connectivity index (χ1) is 19.5. The normalized spacial score (nSPS) is 10.8. The van der Waals surface area contributed by atoms with Crippen LogP contribution in [0.1, 0.15) is 30.0 Å². The first-order valence-electron chi connectivity index (χ1n) is 13.3. The van der Waals surface area contributed by atoms with Gasteiger partial charge in [-0.25, -0.2) is 9.78 Å². The molecular weight excluding hydrogens is 502 g/mol. The van der Waals surface area contributed by atoms with Crippen molar-refractivity contribution in [3.05, 3.63) is 118 Å². The van der Waals surface area contributed by atoms with Gasteiger partial charge in [-0.1, -0.05) is 91.3 Å². The lowest BCUT2D eigenvalue weighted by atomic mass is 10.0. The third-order valence-corrected chi connectivity index (χ3v) is 6.51. The number of amides is 1. The molecular formula is C32H31N5O3. The van der Waals surface area contributed by atoms with Crippen molar-refractivity contribution < 1.29 is 9.32 Å². The Labute approximate surface area is 232 Å². The quantitative estimate of drug-likeness (QED) is 0.228. The number of carbonyl (C=O) groups is 1. The molecule has 202 valence electrons. The van der Waals surface area contributed by atoms with E-state index in [1.807, 2.05) is 85.8 Å². The molecule has 1 amide bonds. The monoisotopic (exact) mass is 533 g/mol. The molecule has 0 aliphatic carbocycles. The molecule has 0 unspecified atom stereocenters. The average molecular weight is 534 g/mol. The van der Waals surface area contributed by atoms with E-state index in [1.54, 1.807) is 0 Å². The third kappa shape index (κ3) is 6.53. The number of aromatic nitrogens is 3. The number of aryl methyl sites for hydroxylation is 1. The van der Waals surface area contributed by atoms with Crippen LogP contribution in [0.2, 0.25) is 0 Å².